The van der Waals surface area contributed by atoms with Crippen LogP contribution in [0.1, 0.15) is 76.1 Å². The molecule has 4 aliphatic carbocycles. The van der Waals surface area contributed by atoms with Gasteiger partial charge in [0.2, 0.25) is 5.79 Å². The molecule has 6 N–H and O–H groups in total. The van der Waals surface area contributed by atoms with Crippen molar-refractivity contribution < 1.29 is 49.6 Å². The summed E-state index contributed by atoms with van der Waals surface area (Å²) in [5.41, 5.74) is -4.38. The number of benzene rings is 1. The van der Waals surface area contributed by atoms with Crippen LogP contribution < -0.4 is 4.74 Å². The van der Waals surface area contributed by atoms with Crippen LogP contribution in [0.5, 0.6) is 11.5 Å². The molecule has 7 aliphatic rings. The Balaban J connectivity index is 1.15. The maximum atomic E-state index is 13.3. The SMILES string of the molecule is COc1cc(C(=O)OC2CCC3(C)C4CCC5C6(O)C(O)C(O)C7C(CN8CC(C)CCC8C7(C)O)C6CC53OC24O)ccc1O. The lowest BCUT2D eigenvalue weighted by Gasteiger charge is -2.63. The molecule has 3 saturated heterocycles. The van der Waals surface area contributed by atoms with Gasteiger partial charge in [-0.25, -0.2) is 4.79 Å². The fourth-order valence-corrected chi connectivity index (χ4v) is 12.5. The Morgan fingerprint density at radius 2 is 1.76 bits per heavy atom. The minimum Gasteiger partial charge on any atom is -0.504 e. The molecule has 8 rings (SSSR count). The highest BCUT2D eigenvalue weighted by atomic mass is 16.7. The average Bonchev–Trinajstić information content (AvgIpc) is 3.25. The predicted octanol–water partition coefficient (Wildman–Crippen LogP) is 1.79. The number of nitrogens with zero attached hydrogens (tertiary/aromatic N) is 1. The molecule has 15 atom stereocenters. The van der Waals surface area contributed by atoms with Crippen LogP contribution >= 0.6 is 0 Å². The van der Waals surface area contributed by atoms with E-state index in [0.717, 1.165) is 19.4 Å². The fraction of sp³-hybridized carbons (Fsp3) is 0.800. The second kappa shape index (κ2) is 9.80. The second-order valence-electron chi connectivity index (χ2n) is 16.4. The van der Waals surface area contributed by atoms with Gasteiger partial charge in [-0.1, -0.05) is 13.8 Å². The van der Waals surface area contributed by atoms with Crippen LogP contribution in [0, 0.1) is 40.9 Å². The maximum Gasteiger partial charge on any atom is 0.338 e. The Morgan fingerprint density at radius 1 is 1.02 bits per heavy atom. The standard InChI is InChI=1S/C35H49NO10/c1-17-5-10-25-32(3,41)27-19(16-36(25)15-17)20-14-33-24(34(20,42)29(39)28(27)38)9-8-23-31(33,2)12-11-26(35(23,43)46-33)45-30(40)18-6-7-21(37)22(13-18)44-4/h6-7,13,17,19-20,23-29,37-39,41-43H,5,8-12,14-16H2,1-4H3. The molecule has 254 valence electrons. The van der Waals surface area contributed by atoms with E-state index in [0.29, 0.717) is 44.6 Å². The number of piperidine rings is 2. The monoisotopic (exact) mass is 643 g/mol. The molecule has 46 heavy (non-hydrogen) atoms. The third kappa shape index (κ3) is 3.66. The number of ether oxygens (including phenoxy) is 3. The van der Waals surface area contributed by atoms with Gasteiger partial charge in [0.05, 0.1) is 30.0 Å². The molecule has 0 amide bonds. The van der Waals surface area contributed by atoms with Crippen LogP contribution in [-0.4, -0.2) is 109 Å². The van der Waals surface area contributed by atoms with Crippen molar-refractivity contribution in [3.8, 4) is 11.5 Å². The van der Waals surface area contributed by atoms with E-state index in [1.165, 1.54) is 25.3 Å². The van der Waals surface area contributed by atoms with Crippen molar-refractivity contribution in [3.63, 3.8) is 0 Å². The molecular weight excluding hydrogens is 594 g/mol. The Kier molecular flexibility index (Phi) is 6.67. The van der Waals surface area contributed by atoms with Crippen molar-refractivity contribution in [3.05, 3.63) is 23.8 Å². The van der Waals surface area contributed by atoms with E-state index in [4.69, 9.17) is 14.2 Å². The van der Waals surface area contributed by atoms with Crippen LogP contribution in [-0.2, 0) is 9.47 Å². The first kappa shape index (κ1) is 31.3. The summed E-state index contributed by atoms with van der Waals surface area (Å²) in [6.45, 7) is 7.55. The molecule has 1 spiro atoms. The number of methoxy groups -OCH3 is 1. The highest BCUT2D eigenvalue weighted by Gasteiger charge is 2.85. The largest absolute Gasteiger partial charge is 0.504 e. The molecule has 4 saturated carbocycles. The minimum absolute atomic E-state index is 0.107. The molecular formula is C35H49NO10. The lowest BCUT2D eigenvalue weighted by molar-refractivity contribution is -0.290. The van der Waals surface area contributed by atoms with Crippen molar-refractivity contribution in [1.82, 2.24) is 4.90 Å². The molecule has 4 bridgehead atoms. The van der Waals surface area contributed by atoms with Gasteiger partial charge in [0.15, 0.2) is 17.6 Å². The number of hydrogen-bond acceptors (Lipinski definition) is 11. The zero-order chi connectivity index (χ0) is 32.8. The van der Waals surface area contributed by atoms with Gasteiger partial charge >= 0.3 is 5.97 Å². The van der Waals surface area contributed by atoms with Crippen molar-refractivity contribution >= 4 is 5.97 Å². The zero-order valence-corrected chi connectivity index (χ0v) is 27.1. The molecule has 1 aromatic carbocycles. The molecule has 7 fully saturated rings. The number of carbonyl (C=O) groups excluding carboxylic acids is 1. The van der Waals surface area contributed by atoms with Gasteiger partial charge in [0.25, 0.3) is 0 Å². The van der Waals surface area contributed by atoms with Crippen molar-refractivity contribution in [2.24, 2.45) is 40.9 Å². The number of esters is 1. The first-order valence-electron chi connectivity index (χ1n) is 17.2. The molecule has 0 radical (unpaired) electrons. The first-order valence-corrected chi connectivity index (χ1v) is 17.2. The quantitative estimate of drug-likeness (QED) is 0.266. The number of hydrogen-bond donors (Lipinski definition) is 6. The first-order chi connectivity index (χ1) is 21.6. The van der Waals surface area contributed by atoms with E-state index >= 15 is 0 Å². The smallest absolute Gasteiger partial charge is 0.338 e. The van der Waals surface area contributed by atoms with Crippen LogP contribution in [0.3, 0.4) is 0 Å². The van der Waals surface area contributed by atoms with Crippen LogP contribution in [0.4, 0.5) is 0 Å². The number of aliphatic hydroxyl groups is 5. The van der Waals surface area contributed by atoms with E-state index in [2.05, 4.69) is 18.7 Å². The van der Waals surface area contributed by atoms with E-state index < -0.39 is 70.0 Å². The highest BCUT2D eigenvalue weighted by molar-refractivity contribution is 5.90. The predicted molar refractivity (Wildman–Crippen MR) is 163 cm³/mol. The van der Waals surface area contributed by atoms with E-state index in [9.17, 15) is 35.4 Å². The number of carbonyl (C=O) groups is 1. The van der Waals surface area contributed by atoms with Crippen molar-refractivity contribution in [2.45, 2.75) is 113 Å². The Hall–Kier alpha value is -1.99. The third-order valence-electron chi connectivity index (χ3n) is 14.5. The molecule has 1 aromatic rings. The van der Waals surface area contributed by atoms with Gasteiger partial charge in [0.1, 0.15) is 11.7 Å². The fourth-order valence-electron chi connectivity index (χ4n) is 12.5. The summed E-state index contributed by atoms with van der Waals surface area (Å²) in [6, 6.07) is 4.05. The summed E-state index contributed by atoms with van der Waals surface area (Å²) >= 11 is 0. The summed E-state index contributed by atoms with van der Waals surface area (Å²) in [4.78, 5) is 15.7. The highest BCUT2D eigenvalue weighted by Crippen LogP contribution is 2.77. The topological polar surface area (TPSA) is 169 Å². The van der Waals surface area contributed by atoms with Crippen LogP contribution in [0.25, 0.3) is 0 Å². The maximum absolute atomic E-state index is 13.3. The minimum atomic E-state index is -1.81. The summed E-state index contributed by atoms with van der Waals surface area (Å²) < 4.78 is 18.0. The van der Waals surface area contributed by atoms with Gasteiger partial charge in [-0.2, -0.15) is 0 Å². The molecule has 0 aromatic heterocycles. The number of phenols is 1. The summed E-state index contributed by atoms with van der Waals surface area (Å²) in [7, 11) is 1.39. The van der Waals surface area contributed by atoms with E-state index in [-0.39, 0.29) is 34.9 Å². The Labute approximate surface area is 269 Å². The third-order valence-corrected chi connectivity index (χ3v) is 14.5. The number of aliphatic hydroxyl groups excluding tert-OH is 2. The molecule has 11 heteroatoms. The van der Waals surface area contributed by atoms with Gasteiger partial charge in [-0.15, -0.1) is 0 Å². The Bertz CT molecular complexity index is 1440. The molecule has 3 aliphatic heterocycles. The normalized spacial score (nSPS) is 53.8. The lowest BCUT2D eigenvalue weighted by atomic mass is 9.49. The number of aromatic hydroxyl groups is 1. The summed E-state index contributed by atoms with van der Waals surface area (Å²) in [6.07, 6.45) is 0.301. The van der Waals surface area contributed by atoms with Gasteiger partial charge in [-0.3, -0.25) is 4.90 Å². The van der Waals surface area contributed by atoms with Gasteiger partial charge in [-0.05, 0) is 87.8 Å². The summed E-state index contributed by atoms with van der Waals surface area (Å²) in [5, 5.41) is 70.9. The van der Waals surface area contributed by atoms with Gasteiger partial charge < -0.3 is 44.8 Å². The molecule has 11 nitrogen and oxygen atoms in total. The molecule has 15 unspecified atom stereocenters. The van der Waals surface area contributed by atoms with Crippen LogP contribution in [0.2, 0.25) is 0 Å². The zero-order valence-electron chi connectivity index (χ0n) is 27.1. The van der Waals surface area contributed by atoms with Crippen molar-refractivity contribution in [2.75, 3.05) is 20.2 Å². The second-order valence-corrected chi connectivity index (χ2v) is 16.4. The van der Waals surface area contributed by atoms with E-state index in [1.54, 1.807) is 6.92 Å². The number of phenolic OH excluding ortho intramolecular Hbond substituents is 1. The molecule has 3 heterocycles. The summed E-state index contributed by atoms with van der Waals surface area (Å²) in [5.74, 6) is -4.32. The lowest BCUT2D eigenvalue weighted by Crippen LogP contribution is -2.76. The average molecular weight is 644 g/mol. The number of rotatable bonds is 3. The van der Waals surface area contributed by atoms with Crippen molar-refractivity contribution in [1.29, 1.82) is 0 Å². The Morgan fingerprint density at radius 3 is 2.50 bits per heavy atom. The number of fused-ring (bicyclic) bond motifs is 5. The van der Waals surface area contributed by atoms with Crippen LogP contribution in [0.15, 0.2) is 18.2 Å². The van der Waals surface area contributed by atoms with Gasteiger partial charge in [0, 0.05) is 42.3 Å². The van der Waals surface area contributed by atoms with E-state index in [1.807, 2.05) is 0 Å².